The second kappa shape index (κ2) is 9.28. The van der Waals surface area contributed by atoms with E-state index in [2.05, 4.69) is 49.6 Å². The molecule has 0 N–H and O–H groups in total. The van der Waals surface area contributed by atoms with Crippen molar-refractivity contribution in [3.8, 4) is 0 Å². The zero-order valence-electron chi connectivity index (χ0n) is 17.8. The van der Waals surface area contributed by atoms with E-state index < -0.39 is 0 Å². The van der Waals surface area contributed by atoms with Gasteiger partial charge in [0.2, 0.25) is 0 Å². The van der Waals surface area contributed by atoms with Gasteiger partial charge in [-0.05, 0) is 33.7 Å². The lowest BCUT2D eigenvalue weighted by Gasteiger charge is -2.40. The van der Waals surface area contributed by atoms with Gasteiger partial charge in [-0.1, -0.05) is 72.8 Å². The van der Waals surface area contributed by atoms with E-state index in [0.717, 1.165) is 43.1 Å². The van der Waals surface area contributed by atoms with Gasteiger partial charge in [0.05, 0.1) is 18.3 Å². The Bertz CT molecular complexity index is 1140. The summed E-state index contributed by atoms with van der Waals surface area (Å²) in [6.45, 7) is 3.66. The average Bonchev–Trinajstić information content (AvgIpc) is 3.29. The number of benzene rings is 3. The van der Waals surface area contributed by atoms with Crippen LogP contribution in [0.15, 0.2) is 84.9 Å². The van der Waals surface area contributed by atoms with Crippen molar-refractivity contribution in [3.63, 3.8) is 0 Å². The van der Waals surface area contributed by atoms with Crippen LogP contribution in [0, 0.1) is 5.82 Å². The number of aromatic nitrogens is 4. The number of tetrazole rings is 1. The van der Waals surface area contributed by atoms with Gasteiger partial charge in [0, 0.05) is 26.2 Å². The van der Waals surface area contributed by atoms with Crippen molar-refractivity contribution in [1.82, 2.24) is 25.1 Å². The normalized spacial score (nSPS) is 15.6. The Balaban J connectivity index is 1.42. The van der Waals surface area contributed by atoms with Crippen LogP contribution in [0.4, 0.5) is 10.1 Å². The molecule has 6 nitrogen and oxygen atoms in total. The van der Waals surface area contributed by atoms with E-state index in [1.165, 1.54) is 6.07 Å². The lowest BCUT2D eigenvalue weighted by molar-refractivity contribution is 0.201. The molecule has 0 unspecified atom stereocenters. The lowest BCUT2D eigenvalue weighted by Crippen LogP contribution is -2.48. The molecule has 1 fully saturated rings. The van der Waals surface area contributed by atoms with E-state index in [0.29, 0.717) is 12.2 Å². The Kier molecular flexibility index (Phi) is 5.89. The van der Waals surface area contributed by atoms with Crippen molar-refractivity contribution in [2.45, 2.75) is 12.6 Å². The van der Waals surface area contributed by atoms with Crippen LogP contribution in [-0.2, 0) is 6.54 Å². The number of halogens is 1. The summed E-state index contributed by atoms with van der Waals surface area (Å²) in [7, 11) is 0. The summed E-state index contributed by atoms with van der Waals surface area (Å²) < 4.78 is 16.2. The van der Waals surface area contributed by atoms with Gasteiger partial charge < -0.3 is 4.90 Å². The first kappa shape index (κ1) is 20.3. The highest BCUT2D eigenvalue weighted by molar-refractivity contribution is 5.48. The highest BCUT2D eigenvalue weighted by atomic mass is 19.1. The van der Waals surface area contributed by atoms with Crippen molar-refractivity contribution < 1.29 is 4.39 Å². The van der Waals surface area contributed by atoms with Gasteiger partial charge in [-0.2, -0.15) is 0 Å². The summed E-state index contributed by atoms with van der Waals surface area (Å²) in [6, 6.07) is 27.5. The van der Waals surface area contributed by atoms with Crippen LogP contribution in [0.5, 0.6) is 0 Å². The zero-order chi connectivity index (χ0) is 21.8. The molecule has 5 rings (SSSR count). The Morgan fingerprint density at radius 2 is 1.44 bits per heavy atom. The Labute approximate surface area is 186 Å². The number of para-hydroxylation sites is 1. The zero-order valence-corrected chi connectivity index (χ0v) is 17.8. The molecule has 32 heavy (non-hydrogen) atoms. The van der Waals surface area contributed by atoms with Gasteiger partial charge >= 0.3 is 0 Å². The van der Waals surface area contributed by atoms with Crippen LogP contribution >= 0.6 is 0 Å². The van der Waals surface area contributed by atoms with Gasteiger partial charge in [-0.25, -0.2) is 9.07 Å². The first-order chi connectivity index (χ1) is 15.8. The maximum absolute atomic E-state index is 14.3. The minimum Gasteiger partial charge on any atom is -0.367 e. The molecular weight excluding hydrogens is 403 g/mol. The first-order valence-corrected chi connectivity index (χ1v) is 10.9. The van der Waals surface area contributed by atoms with Crippen molar-refractivity contribution in [3.05, 3.63) is 108 Å². The second-order valence-electron chi connectivity index (χ2n) is 7.97. The third kappa shape index (κ3) is 4.24. The molecule has 0 bridgehead atoms. The predicted octanol–water partition coefficient (Wildman–Crippen LogP) is 3.77. The highest BCUT2D eigenvalue weighted by Crippen LogP contribution is 2.29. The van der Waals surface area contributed by atoms with Gasteiger partial charge in [0.1, 0.15) is 5.82 Å². The summed E-state index contributed by atoms with van der Waals surface area (Å²) in [4.78, 5) is 4.50. The minimum absolute atomic E-state index is 0.0716. The van der Waals surface area contributed by atoms with Crippen LogP contribution in [-0.4, -0.2) is 51.3 Å². The molecule has 162 valence electrons. The molecule has 0 spiro atoms. The SMILES string of the molecule is Fc1ccccc1N1CCN([C@H](c2ccccc2)c2nnnn2Cc2ccccc2)CC1. The Hall–Kier alpha value is -3.58. The topological polar surface area (TPSA) is 50.1 Å². The molecule has 1 atom stereocenters. The first-order valence-electron chi connectivity index (χ1n) is 10.9. The molecule has 2 heterocycles. The van der Waals surface area contributed by atoms with E-state index >= 15 is 0 Å². The van der Waals surface area contributed by atoms with Crippen LogP contribution in [0.3, 0.4) is 0 Å². The number of hydrogen-bond donors (Lipinski definition) is 0. The molecule has 1 aliphatic rings. The molecule has 0 saturated carbocycles. The fourth-order valence-electron chi connectivity index (χ4n) is 4.36. The second-order valence-corrected chi connectivity index (χ2v) is 7.97. The molecule has 1 saturated heterocycles. The third-order valence-corrected chi connectivity index (χ3v) is 5.97. The molecule has 7 heteroatoms. The van der Waals surface area contributed by atoms with E-state index in [4.69, 9.17) is 0 Å². The largest absolute Gasteiger partial charge is 0.367 e. The molecule has 4 aromatic rings. The van der Waals surface area contributed by atoms with Gasteiger partial charge in [0.25, 0.3) is 0 Å². The van der Waals surface area contributed by atoms with Crippen molar-refractivity contribution in [1.29, 1.82) is 0 Å². The minimum atomic E-state index is -0.174. The van der Waals surface area contributed by atoms with Crippen molar-refractivity contribution >= 4 is 5.69 Å². The third-order valence-electron chi connectivity index (χ3n) is 5.97. The summed E-state index contributed by atoms with van der Waals surface area (Å²) in [5, 5.41) is 12.7. The van der Waals surface area contributed by atoms with Gasteiger partial charge in [-0.3, -0.25) is 4.90 Å². The maximum Gasteiger partial charge on any atom is 0.173 e. The summed E-state index contributed by atoms with van der Waals surface area (Å²) in [5.74, 6) is 0.645. The Morgan fingerprint density at radius 1 is 0.781 bits per heavy atom. The quantitative estimate of drug-likeness (QED) is 0.468. The number of rotatable bonds is 6. The van der Waals surface area contributed by atoms with Crippen LogP contribution in [0.1, 0.15) is 23.0 Å². The number of piperazine rings is 1. The predicted molar refractivity (Wildman–Crippen MR) is 122 cm³/mol. The monoisotopic (exact) mass is 428 g/mol. The molecule has 3 aromatic carbocycles. The molecule has 0 amide bonds. The number of anilines is 1. The van der Waals surface area contributed by atoms with Crippen molar-refractivity contribution in [2.24, 2.45) is 0 Å². The van der Waals surface area contributed by atoms with E-state index in [1.54, 1.807) is 6.07 Å². The van der Waals surface area contributed by atoms with E-state index in [9.17, 15) is 4.39 Å². The van der Waals surface area contributed by atoms with Crippen LogP contribution < -0.4 is 4.90 Å². The fraction of sp³-hybridized carbons (Fsp3) is 0.240. The average molecular weight is 429 g/mol. The molecule has 1 aliphatic heterocycles. The standard InChI is InChI=1S/C25H25FN6/c26-22-13-7-8-14-23(22)30-15-17-31(18-16-30)24(21-11-5-2-6-12-21)25-27-28-29-32(25)19-20-9-3-1-4-10-20/h1-14,24H,15-19H2/t24-/m1/s1. The van der Waals surface area contributed by atoms with Crippen molar-refractivity contribution in [2.75, 3.05) is 31.1 Å². The smallest absolute Gasteiger partial charge is 0.173 e. The van der Waals surface area contributed by atoms with Gasteiger partial charge in [0.15, 0.2) is 5.82 Å². The van der Waals surface area contributed by atoms with Gasteiger partial charge in [-0.15, -0.1) is 5.10 Å². The maximum atomic E-state index is 14.3. The summed E-state index contributed by atoms with van der Waals surface area (Å²) in [6.07, 6.45) is 0. The molecule has 0 radical (unpaired) electrons. The number of nitrogens with zero attached hydrogens (tertiary/aromatic N) is 6. The highest BCUT2D eigenvalue weighted by Gasteiger charge is 2.31. The van der Waals surface area contributed by atoms with E-state index in [-0.39, 0.29) is 11.9 Å². The fourth-order valence-corrected chi connectivity index (χ4v) is 4.36. The molecule has 1 aromatic heterocycles. The Morgan fingerprint density at radius 3 is 2.16 bits per heavy atom. The van der Waals surface area contributed by atoms with E-state index in [1.807, 2.05) is 53.2 Å². The molecular formula is C25H25FN6. The lowest BCUT2D eigenvalue weighted by atomic mass is 10.0. The van der Waals surface area contributed by atoms with Crippen LogP contribution in [0.25, 0.3) is 0 Å². The molecule has 0 aliphatic carbocycles. The summed E-state index contributed by atoms with van der Waals surface area (Å²) in [5.41, 5.74) is 2.96. The number of hydrogen-bond acceptors (Lipinski definition) is 5. The summed E-state index contributed by atoms with van der Waals surface area (Å²) >= 11 is 0. The van der Waals surface area contributed by atoms with Crippen LogP contribution in [0.2, 0.25) is 0 Å².